The van der Waals surface area contributed by atoms with Crippen LogP contribution in [0.15, 0.2) is 24.8 Å². The Morgan fingerprint density at radius 3 is 2.44 bits per heavy atom. The van der Waals surface area contributed by atoms with Crippen molar-refractivity contribution in [3.05, 3.63) is 24.8 Å². The van der Waals surface area contributed by atoms with E-state index in [0.29, 0.717) is 6.08 Å². The van der Waals surface area contributed by atoms with Gasteiger partial charge in [-0.2, -0.15) is 0 Å². The van der Waals surface area contributed by atoms with Gasteiger partial charge in [-0.3, -0.25) is 0 Å². The van der Waals surface area contributed by atoms with E-state index in [1.54, 1.807) is 0 Å². The molecule has 0 fully saturated rings. The van der Waals surface area contributed by atoms with Crippen molar-refractivity contribution in [3.8, 4) is 0 Å². The maximum atomic E-state index is 10.9. The fraction of sp³-hybridized carbons (Fsp3) is 0.300. The highest BCUT2D eigenvalue weighted by Crippen LogP contribution is 1.95. The van der Waals surface area contributed by atoms with Crippen molar-refractivity contribution in [2.24, 2.45) is 0 Å². The minimum Gasteiger partial charge on any atom is -0.478 e. The fourth-order valence-corrected chi connectivity index (χ4v) is 0.669. The number of esters is 2. The van der Waals surface area contributed by atoms with Gasteiger partial charge in [-0.1, -0.05) is 6.58 Å². The lowest BCUT2D eigenvalue weighted by Crippen LogP contribution is -2.20. The predicted octanol–water partition coefficient (Wildman–Crippen LogP) is 0.288. The molecule has 0 aromatic carbocycles. The molecule has 0 aliphatic rings. The van der Waals surface area contributed by atoms with Crippen LogP contribution < -0.4 is 0 Å². The second-order valence-electron chi connectivity index (χ2n) is 2.75. The summed E-state index contributed by atoms with van der Waals surface area (Å²) < 4.78 is 9.30. The number of hydrogen-bond acceptors (Lipinski definition) is 5. The van der Waals surface area contributed by atoms with Gasteiger partial charge in [0.15, 0.2) is 0 Å². The van der Waals surface area contributed by atoms with E-state index in [-0.39, 0.29) is 6.61 Å². The first-order valence-corrected chi connectivity index (χ1v) is 4.36. The third-order valence-corrected chi connectivity index (χ3v) is 1.31. The van der Waals surface area contributed by atoms with Gasteiger partial charge in [0.2, 0.25) is 0 Å². The summed E-state index contributed by atoms with van der Waals surface area (Å²) in [5.74, 6) is -2.68. The van der Waals surface area contributed by atoms with E-state index in [1.165, 1.54) is 6.92 Å². The number of ether oxygens (including phenoxy) is 2. The molecule has 0 rings (SSSR count). The summed E-state index contributed by atoms with van der Waals surface area (Å²) in [5, 5.41) is 8.23. The SMILES string of the molecule is C=CC(=O)OCC(C)OC(=O)/C=C\C(=O)O. The van der Waals surface area contributed by atoms with E-state index >= 15 is 0 Å². The molecular weight excluding hydrogens is 216 g/mol. The minimum atomic E-state index is -1.25. The molecule has 0 saturated heterocycles. The van der Waals surface area contributed by atoms with Gasteiger partial charge >= 0.3 is 17.9 Å². The van der Waals surface area contributed by atoms with E-state index in [0.717, 1.165) is 12.2 Å². The Morgan fingerprint density at radius 2 is 1.94 bits per heavy atom. The summed E-state index contributed by atoms with van der Waals surface area (Å²) in [6.45, 7) is 4.58. The highest BCUT2D eigenvalue weighted by Gasteiger charge is 2.09. The van der Waals surface area contributed by atoms with Gasteiger partial charge in [0.05, 0.1) is 0 Å². The zero-order valence-corrected chi connectivity index (χ0v) is 8.71. The summed E-state index contributed by atoms with van der Waals surface area (Å²) in [7, 11) is 0. The monoisotopic (exact) mass is 228 g/mol. The van der Waals surface area contributed by atoms with Crippen LogP contribution in [0.25, 0.3) is 0 Å². The van der Waals surface area contributed by atoms with Crippen LogP contribution in [0, 0.1) is 0 Å². The van der Waals surface area contributed by atoms with E-state index in [2.05, 4.69) is 11.3 Å². The maximum absolute atomic E-state index is 10.9. The van der Waals surface area contributed by atoms with Gasteiger partial charge in [-0.05, 0) is 6.92 Å². The molecule has 0 bridgehead atoms. The maximum Gasteiger partial charge on any atom is 0.331 e. The molecule has 0 aromatic rings. The normalized spacial score (nSPS) is 11.8. The van der Waals surface area contributed by atoms with Crippen molar-refractivity contribution >= 4 is 17.9 Å². The van der Waals surface area contributed by atoms with Gasteiger partial charge < -0.3 is 14.6 Å². The topological polar surface area (TPSA) is 89.9 Å². The average Bonchev–Trinajstić information content (AvgIpc) is 2.23. The van der Waals surface area contributed by atoms with Crippen LogP contribution in [-0.2, 0) is 23.9 Å². The predicted molar refractivity (Wildman–Crippen MR) is 53.5 cm³/mol. The number of hydrogen-bond donors (Lipinski definition) is 1. The van der Waals surface area contributed by atoms with Gasteiger partial charge in [0.1, 0.15) is 12.7 Å². The van der Waals surface area contributed by atoms with Gasteiger partial charge in [0, 0.05) is 18.2 Å². The lowest BCUT2D eigenvalue weighted by atomic mass is 10.4. The Labute approximate surface area is 92.2 Å². The number of carbonyl (C=O) groups is 3. The van der Waals surface area contributed by atoms with Crippen molar-refractivity contribution in [2.75, 3.05) is 6.61 Å². The molecule has 0 aromatic heterocycles. The third-order valence-electron chi connectivity index (χ3n) is 1.31. The second kappa shape index (κ2) is 7.22. The molecule has 6 heteroatoms. The molecule has 1 atom stereocenters. The highest BCUT2D eigenvalue weighted by molar-refractivity contribution is 5.90. The average molecular weight is 228 g/mol. The molecule has 0 radical (unpaired) electrons. The molecule has 6 nitrogen and oxygen atoms in total. The molecule has 0 aliphatic carbocycles. The van der Waals surface area contributed by atoms with E-state index in [1.807, 2.05) is 0 Å². The highest BCUT2D eigenvalue weighted by atomic mass is 16.6. The largest absolute Gasteiger partial charge is 0.478 e. The van der Waals surface area contributed by atoms with Crippen LogP contribution in [0.1, 0.15) is 6.92 Å². The van der Waals surface area contributed by atoms with Crippen LogP contribution in [0.4, 0.5) is 0 Å². The summed E-state index contributed by atoms with van der Waals surface area (Å²) >= 11 is 0. The summed E-state index contributed by atoms with van der Waals surface area (Å²) in [6, 6.07) is 0. The van der Waals surface area contributed by atoms with E-state index < -0.39 is 24.0 Å². The first kappa shape index (κ1) is 13.9. The molecule has 0 saturated carbocycles. The summed E-state index contributed by atoms with van der Waals surface area (Å²) in [6.07, 6.45) is 1.76. The number of carboxylic acid groups (broad SMARTS) is 1. The number of rotatable bonds is 6. The quantitative estimate of drug-likeness (QED) is 0.519. The van der Waals surface area contributed by atoms with Crippen LogP contribution in [0.3, 0.4) is 0 Å². The molecule has 1 unspecified atom stereocenters. The van der Waals surface area contributed by atoms with Gasteiger partial charge in [0.25, 0.3) is 0 Å². The van der Waals surface area contributed by atoms with Crippen LogP contribution in [0.2, 0.25) is 0 Å². The zero-order chi connectivity index (χ0) is 12.6. The molecule has 0 amide bonds. The number of aliphatic carboxylic acids is 1. The Bertz CT molecular complexity index is 317. The molecule has 0 heterocycles. The van der Waals surface area contributed by atoms with Crippen molar-refractivity contribution in [1.82, 2.24) is 0 Å². The Kier molecular flexibility index (Phi) is 6.27. The van der Waals surface area contributed by atoms with Crippen LogP contribution in [-0.4, -0.2) is 35.7 Å². The number of carboxylic acids is 1. The third kappa shape index (κ3) is 7.31. The molecule has 16 heavy (non-hydrogen) atoms. The van der Waals surface area contributed by atoms with Crippen molar-refractivity contribution in [2.45, 2.75) is 13.0 Å². The van der Waals surface area contributed by atoms with E-state index in [9.17, 15) is 14.4 Å². The standard InChI is InChI=1S/C10H12O6/c1-3-9(13)15-6-7(2)16-10(14)5-4-8(11)12/h3-5,7H,1,6H2,2H3,(H,11,12)/b5-4-. The van der Waals surface area contributed by atoms with Gasteiger partial charge in [-0.25, -0.2) is 14.4 Å². The summed E-state index contributed by atoms with van der Waals surface area (Å²) in [5.41, 5.74) is 0. The van der Waals surface area contributed by atoms with Crippen molar-refractivity contribution in [1.29, 1.82) is 0 Å². The zero-order valence-electron chi connectivity index (χ0n) is 8.71. The second-order valence-corrected chi connectivity index (χ2v) is 2.75. The fourth-order valence-electron chi connectivity index (χ4n) is 0.669. The lowest BCUT2D eigenvalue weighted by Gasteiger charge is -2.10. The molecule has 1 N–H and O–H groups in total. The number of carbonyl (C=O) groups excluding carboxylic acids is 2. The molecule has 88 valence electrons. The summed E-state index contributed by atoms with van der Waals surface area (Å²) in [4.78, 5) is 31.7. The lowest BCUT2D eigenvalue weighted by molar-refractivity contribution is -0.151. The Balaban J connectivity index is 3.91. The smallest absolute Gasteiger partial charge is 0.331 e. The Morgan fingerprint density at radius 1 is 1.31 bits per heavy atom. The van der Waals surface area contributed by atoms with Crippen LogP contribution in [0.5, 0.6) is 0 Å². The van der Waals surface area contributed by atoms with Crippen molar-refractivity contribution < 1.29 is 29.0 Å². The van der Waals surface area contributed by atoms with E-state index in [4.69, 9.17) is 9.84 Å². The molecule has 0 spiro atoms. The first-order chi connectivity index (χ1) is 7.45. The Hall–Kier alpha value is -2.11. The van der Waals surface area contributed by atoms with Crippen LogP contribution >= 0.6 is 0 Å². The minimum absolute atomic E-state index is 0.114. The molecular formula is C10H12O6. The van der Waals surface area contributed by atoms with Crippen molar-refractivity contribution in [3.63, 3.8) is 0 Å². The first-order valence-electron chi connectivity index (χ1n) is 4.36. The molecule has 0 aliphatic heterocycles. The van der Waals surface area contributed by atoms with Gasteiger partial charge in [-0.15, -0.1) is 0 Å².